The zero-order chi connectivity index (χ0) is 18.3. The third kappa shape index (κ3) is 4.73. The lowest BCUT2D eigenvalue weighted by atomic mass is 9.69. The number of ether oxygens (including phenoxy) is 1. The molecule has 1 fully saturated rings. The van der Waals surface area contributed by atoms with E-state index in [4.69, 9.17) is 21.6 Å². The molecular weight excluding hydrogens is 340 g/mol. The number of carbonyl (C=O) groups is 2. The molecule has 5 nitrogen and oxygen atoms in total. The van der Waals surface area contributed by atoms with Crippen molar-refractivity contribution in [3.8, 4) is 6.07 Å². The average molecular weight is 363 g/mol. The van der Waals surface area contributed by atoms with Gasteiger partial charge in [-0.25, -0.2) is 0 Å². The molecule has 0 atom stereocenters. The Labute approximate surface area is 153 Å². The molecule has 2 rings (SSSR count). The number of nitrogens with zero attached hydrogens (tertiary/aromatic N) is 2. The van der Waals surface area contributed by atoms with Crippen molar-refractivity contribution in [2.45, 2.75) is 43.9 Å². The van der Waals surface area contributed by atoms with Gasteiger partial charge in [-0.15, -0.1) is 0 Å². The van der Waals surface area contributed by atoms with Crippen molar-refractivity contribution in [3.05, 3.63) is 34.9 Å². The first-order valence-electron chi connectivity index (χ1n) is 8.54. The summed E-state index contributed by atoms with van der Waals surface area (Å²) in [4.78, 5) is 26.3. The Morgan fingerprint density at radius 1 is 1.32 bits per heavy atom. The molecule has 1 aliphatic carbocycles. The molecule has 0 unspecified atom stereocenters. The summed E-state index contributed by atoms with van der Waals surface area (Å²) in [5, 5.41) is 9.17. The highest BCUT2D eigenvalue weighted by molar-refractivity contribution is 6.30. The highest BCUT2D eigenvalue weighted by atomic mass is 35.5. The van der Waals surface area contributed by atoms with Gasteiger partial charge in [-0.3, -0.25) is 9.59 Å². The van der Waals surface area contributed by atoms with E-state index in [0.29, 0.717) is 24.4 Å². The van der Waals surface area contributed by atoms with Gasteiger partial charge in [-0.05, 0) is 30.5 Å². The summed E-state index contributed by atoms with van der Waals surface area (Å²) in [5.74, 6) is -0.669. The molecule has 1 aromatic carbocycles. The normalized spacial score (nSPS) is 15.9. The minimum absolute atomic E-state index is 0.253. The van der Waals surface area contributed by atoms with Crippen LogP contribution in [-0.2, 0) is 19.7 Å². The van der Waals surface area contributed by atoms with Crippen LogP contribution in [0.4, 0.5) is 0 Å². The summed E-state index contributed by atoms with van der Waals surface area (Å²) >= 11 is 6.11. The van der Waals surface area contributed by atoms with Crippen molar-refractivity contribution >= 4 is 23.5 Å². The number of halogens is 1. The van der Waals surface area contributed by atoms with Crippen LogP contribution in [0.1, 0.15) is 44.1 Å². The number of carbonyl (C=O) groups excluding carboxylic acids is 2. The second kappa shape index (κ2) is 8.87. The SMILES string of the molecule is CN(CCC#N)C(=O)COC(=O)C1(c2cccc(Cl)c2)CCCCC1. The molecule has 0 heterocycles. The van der Waals surface area contributed by atoms with Crippen LogP contribution in [0, 0.1) is 11.3 Å². The molecule has 0 aromatic heterocycles. The summed E-state index contributed by atoms with van der Waals surface area (Å²) in [6.45, 7) is 0.0232. The van der Waals surface area contributed by atoms with E-state index in [0.717, 1.165) is 24.8 Å². The molecule has 0 saturated heterocycles. The van der Waals surface area contributed by atoms with Gasteiger partial charge in [-0.1, -0.05) is 43.0 Å². The third-order valence-electron chi connectivity index (χ3n) is 4.79. The maximum absolute atomic E-state index is 12.9. The standard InChI is InChI=1S/C19H23ClN2O3/c1-22(12-6-11-21)17(23)14-25-18(24)19(9-3-2-4-10-19)15-7-5-8-16(20)13-15/h5,7-8,13H,2-4,6,9-10,12,14H2,1H3. The first-order valence-corrected chi connectivity index (χ1v) is 8.91. The van der Waals surface area contributed by atoms with E-state index in [-0.39, 0.29) is 24.9 Å². The molecule has 134 valence electrons. The second-order valence-corrected chi connectivity index (χ2v) is 6.89. The quantitative estimate of drug-likeness (QED) is 0.726. The molecule has 1 amide bonds. The summed E-state index contributed by atoms with van der Waals surface area (Å²) in [7, 11) is 1.60. The first-order chi connectivity index (χ1) is 12.0. The Morgan fingerprint density at radius 2 is 2.04 bits per heavy atom. The van der Waals surface area contributed by atoms with E-state index in [1.807, 2.05) is 24.3 Å². The number of hydrogen-bond donors (Lipinski definition) is 0. The second-order valence-electron chi connectivity index (χ2n) is 6.45. The number of rotatable bonds is 6. The monoisotopic (exact) mass is 362 g/mol. The van der Waals surface area contributed by atoms with Crippen molar-refractivity contribution in [1.82, 2.24) is 4.90 Å². The van der Waals surface area contributed by atoms with E-state index < -0.39 is 5.41 Å². The van der Waals surface area contributed by atoms with Crippen LogP contribution >= 0.6 is 11.6 Å². The lowest BCUT2D eigenvalue weighted by Crippen LogP contribution is -2.41. The van der Waals surface area contributed by atoms with Crippen LogP contribution in [0.15, 0.2) is 24.3 Å². The highest BCUT2D eigenvalue weighted by Crippen LogP contribution is 2.41. The molecule has 1 saturated carbocycles. The van der Waals surface area contributed by atoms with Crippen LogP contribution < -0.4 is 0 Å². The van der Waals surface area contributed by atoms with Gasteiger partial charge in [0, 0.05) is 18.6 Å². The lowest BCUT2D eigenvalue weighted by Gasteiger charge is -2.35. The molecule has 0 aliphatic heterocycles. The fourth-order valence-corrected chi connectivity index (χ4v) is 3.46. The molecule has 0 spiro atoms. The smallest absolute Gasteiger partial charge is 0.317 e. The minimum Gasteiger partial charge on any atom is -0.455 e. The molecule has 1 aromatic rings. The van der Waals surface area contributed by atoms with Gasteiger partial charge in [-0.2, -0.15) is 5.26 Å². The van der Waals surface area contributed by atoms with Crippen LogP contribution in [0.5, 0.6) is 0 Å². The Morgan fingerprint density at radius 3 is 2.68 bits per heavy atom. The Bertz CT molecular complexity index is 663. The van der Waals surface area contributed by atoms with Gasteiger partial charge < -0.3 is 9.64 Å². The van der Waals surface area contributed by atoms with Crippen molar-refractivity contribution < 1.29 is 14.3 Å². The van der Waals surface area contributed by atoms with E-state index in [2.05, 4.69) is 0 Å². The van der Waals surface area contributed by atoms with Crippen molar-refractivity contribution in [2.24, 2.45) is 0 Å². The largest absolute Gasteiger partial charge is 0.455 e. The maximum atomic E-state index is 12.9. The Kier molecular flexibility index (Phi) is 6.83. The van der Waals surface area contributed by atoms with E-state index in [1.54, 1.807) is 13.1 Å². The first kappa shape index (κ1) is 19.3. The predicted octanol–water partition coefficient (Wildman–Crippen LogP) is 3.46. The van der Waals surface area contributed by atoms with E-state index in [1.165, 1.54) is 4.90 Å². The highest BCUT2D eigenvalue weighted by Gasteiger charge is 2.43. The van der Waals surface area contributed by atoms with E-state index >= 15 is 0 Å². The van der Waals surface area contributed by atoms with E-state index in [9.17, 15) is 9.59 Å². The predicted molar refractivity (Wildman–Crippen MR) is 95.0 cm³/mol. The number of nitriles is 1. The van der Waals surface area contributed by atoms with Crippen LogP contribution in [-0.4, -0.2) is 37.0 Å². The summed E-state index contributed by atoms with van der Waals surface area (Å²) in [6.07, 6.45) is 4.62. The fraction of sp³-hybridized carbons (Fsp3) is 0.526. The van der Waals surface area contributed by atoms with Gasteiger partial charge in [0.2, 0.25) is 0 Å². The summed E-state index contributed by atoms with van der Waals surface area (Å²) in [6, 6.07) is 9.32. The number of amides is 1. The molecule has 25 heavy (non-hydrogen) atoms. The summed E-state index contributed by atoms with van der Waals surface area (Å²) in [5.41, 5.74) is 0.129. The van der Waals surface area contributed by atoms with Crippen molar-refractivity contribution in [3.63, 3.8) is 0 Å². The summed E-state index contributed by atoms with van der Waals surface area (Å²) < 4.78 is 5.39. The zero-order valence-corrected chi connectivity index (χ0v) is 15.2. The molecule has 0 bridgehead atoms. The zero-order valence-electron chi connectivity index (χ0n) is 14.5. The van der Waals surface area contributed by atoms with Crippen molar-refractivity contribution in [2.75, 3.05) is 20.2 Å². The Balaban J connectivity index is 2.09. The van der Waals surface area contributed by atoms with Gasteiger partial charge in [0.05, 0.1) is 17.9 Å². The minimum atomic E-state index is -0.728. The molecule has 6 heteroatoms. The number of benzene rings is 1. The molecule has 0 N–H and O–H groups in total. The van der Waals surface area contributed by atoms with Crippen LogP contribution in [0.25, 0.3) is 0 Å². The van der Waals surface area contributed by atoms with Gasteiger partial charge in [0.1, 0.15) is 0 Å². The van der Waals surface area contributed by atoms with Crippen LogP contribution in [0.2, 0.25) is 5.02 Å². The Hall–Kier alpha value is -2.06. The van der Waals surface area contributed by atoms with Gasteiger partial charge >= 0.3 is 5.97 Å². The maximum Gasteiger partial charge on any atom is 0.317 e. The number of hydrogen-bond acceptors (Lipinski definition) is 4. The number of esters is 1. The van der Waals surface area contributed by atoms with Crippen LogP contribution in [0.3, 0.4) is 0 Å². The third-order valence-corrected chi connectivity index (χ3v) is 5.02. The number of likely N-dealkylation sites (N-methyl/N-ethyl adjacent to an activating group) is 1. The topological polar surface area (TPSA) is 70.4 Å². The molecule has 1 aliphatic rings. The van der Waals surface area contributed by atoms with Gasteiger partial charge in [0.15, 0.2) is 6.61 Å². The molecular formula is C19H23ClN2O3. The van der Waals surface area contributed by atoms with Gasteiger partial charge in [0.25, 0.3) is 5.91 Å². The fourth-order valence-electron chi connectivity index (χ4n) is 3.27. The molecule has 0 radical (unpaired) electrons. The average Bonchev–Trinajstić information content (AvgIpc) is 2.64. The van der Waals surface area contributed by atoms with Crippen molar-refractivity contribution in [1.29, 1.82) is 5.26 Å². The lowest BCUT2D eigenvalue weighted by molar-refractivity contribution is -0.158.